The molecule has 0 atom stereocenters. The van der Waals surface area contributed by atoms with E-state index in [1.807, 2.05) is 11.4 Å². The summed E-state index contributed by atoms with van der Waals surface area (Å²) in [6.07, 6.45) is 2.39. The highest BCUT2D eigenvalue weighted by atomic mass is 35.5. The van der Waals surface area contributed by atoms with Crippen molar-refractivity contribution in [3.63, 3.8) is 0 Å². The van der Waals surface area contributed by atoms with Crippen LogP contribution in [0.3, 0.4) is 0 Å². The highest BCUT2D eigenvalue weighted by molar-refractivity contribution is 7.14. The van der Waals surface area contributed by atoms with Crippen LogP contribution >= 0.6 is 22.9 Å². The Bertz CT molecular complexity index is 769. The zero-order valence-corrected chi connectivity index (χ0v) is 12.8. The standard InChI is InChI=1S/C14H11ClN4O2S/c15-10-1-3-12(4-2-10)21-8-11-7-19(18-17-11)13-5-6-22-14(13)16-9-20/h1-7,9H,8H2,(H,16,20). The molecule has 0 radical (unpaired) electrons. The summed E-state index contributed by atoms with van der Waals surface area (Å²) in [5.41, 5.74) is 1.44. The molecule has 3 aromatic rings. The fraction of sp³-hybridized carbons (Fsp3) is 0.0714. The monoisotopic (exact) mass is 334 g/mol. The van der Waals surface area contributed by atoms with E-state index >= 15 is 0 Å². The molecular weight excluding hydrogens is 324 g/mol. The van der Waals surface area contributed by atoms with E-state index in [1.54, 1.807) is 35.1 Å². The Morgan fingerprint density at radius 2 is 2.14 bits per heavy atom. The summed E-state index contributed by atoms with van der Waals surface area (Å²) in [5, 5.41) is 14.0. The van der Waals surface area contributed by atoms with Gasteiger partial charge in [0.05, 0.1) is 6.20 Å². The number of amides is 1. The maximum absolute atomic E-state index is 10.6. The second-order valence-corrected chi connectivity index (χ2v) is 5.65. The van der Waals surface area contributed by atoms with E-state index in [2.05, 4.69) is 15.6 Å². The van der Waals surface area contributed by atoms with Crippen molar-refractivity contribution in [1.82, 2.24) is 15.0 Å². The lowest BCUT2D eigenvalue weighted by molar-refractivity contribution is -0.105. The van der Waals surface area contributed by atoms with Crippen LogP contribution in [0.2, 0.25) is 5.02 Å². The lowest BCUT2D eigenvalue weighted by Crippen LogP contribution is -1.99. The van der Waals surface area contributed by atoms with E-state index < -0.39 is 0 Å². The Labute approximate surface area is 135 Å². The number of hydrogen-bond donors (Lipinski definition) is 1. The number of nitrogens with one attached hydrogen (secondary N) is 1. The van der Waals surface area contributed by atoms with Crippen molar-refractivity contribution < 1.29 is 9.53 Å². The molecule has 0 unspecified atom stereocenters. The van der Waals surface area contributed by atoms with Crippen LogP contribution in [0.25, 0.3) is 5.69 Å². The summed E-state index contributed by atoms with van der Waals surface area (Å²) in [6.45, 7) is 0.294. The first-order valence-electron chi connectivity index (χ1n) is 6.34. The number of anilines is 1. The molecule has 1 aromatic carbocycles. The van der Waals surface area contributed by atoms with Crippen molar-refractivity contribution in [2.24, 2.45) is 0 Å². The third kappa shape index (κ3) is 3.26. The van der Waals surface area contributed by atoms with Crippen LogP contribution in [-0.2, 0) is 11.4 Å². The lowest BCUT2D eigenvalue weighted by atomic mass is 10.3. The van der Waals surface area contributed by atoms with E-state index in [1.165, 1.54) is 11.3 Å². The fourth-order valence-electron chi connectivity index (χ4n) is 1.81. The predicted molar refractivity (Wildman–Crippen MR) is 84.7 cm³/mol. The molecule has 22 heavy (non-hydrogen) atoms. The van der Waals surface area contributed by atoms with Gasteiger partial charge < -0.3 is 10.1 Å². The number of carbonyl (C=O) groups is 1. The zero-order chi connectivity index (χ0) is 15.4. The Kier molecular flexibility index (Phi) is 4.36. The molecule has 0 saturated carbocycles. The number of nitrogens with zero attached hydrogens (tertiary/aromatic N) is 3. The average molecular weight is 335 g/mol. The van der Waals surface area contributed by atoms with Crippen LogP contribution in [0.5, 0.6) is 5.75 Å². The zero-order valence-electron chi connectivity index (χ0n) is 11.3. The smallest absolute Gasteiger partial charge is 0.212 e. The second-order valence-electron chi connectivity index (χ2n) is 4.29. The topological polar surface area (TPSA) is 69.0 Å². The van der Waals surface area contributed by atoms with Crippen molar-refractivity contribution in [3.05, 3.63) is 52.6 Å². The Balaban J connectivity index is 1.69. The first-order valence-corrected chi connectivity index (χ1v) is 7.59. The molecule has 0 spiro atoms. The highest BCUT2D eigenvalue weighted by Gasteiger charge is 2.09. The first-order chi connectivity index (χ1) is 10.8. The molecular formula is C14H11ClN4O2S. The fourth-order valence-corrected chi connectivity index (χ4v) is 2.67. The molecule has 1 amide bonds. The van der Waals surface area contributed by atoms with E-state index in [4.69, 9.17) is 16.3 Å². The van der Waals surface area contributed by atoms with Gasteiger partial charge in [-0.3, -0.25) is 4.79 Å². The highest BCUT2D eigenvalue weighted by Crippen LogP contribution is 2.26. The van der Waals surface area contributed by atoms with Gasteiger partial charge in [0.2, 0.25) is 6.41 Å². The molecule has 0 aliphatic heterocycles. The quantitative estimate of drug-likeness (QED) is 0.703. The number of rotatable bonds is 6. The van der Waals surface area contributed by atoms with Gasteiger partial charge in [-0.1, -0.05) is 16.8 Å². The summed E-state index contributed by atoms with van der Waals surface area (Å²) < 4.78 is 7.21. The number of aromatic nitrogens is 3. The minimum atomic E-state index is 0.294. The van der Waals surface area contributed by atoms with Crippen molar-refractivity contribution in [2.45, 2.75) is 6.61 Å². The molecule has 2 heterocycles. The Hall–Kier alpha value is -2.38. The van der Waals surface area contributed by atoms with E-state index in [0.29, 0.717) is 34.5 Å². The second kappa shape index (κ2) is 6.59. The van der Waals surface area contributed by atoms with Crippen molar-refractivity contribution >= 4 is 34.3 Å². The van der Waals surface area contributed by atoms with Gasteiger partial charge >= 0.3 is 0 Å². The normalized spacial score (nSPS) is 10.4. The maximum Gasteiger partial charge on any atom is 0.212 e. The number of halogens is 1. The molecule has 6 nitrogen and oxygen atoms in total. The molecule has 112 valence electrons. The number of hydrogen-bond acceptors (Lipinski definition) is 5. The van der Waals surface area contributed by atoms with Crippen LogP contribution in [0.1, 0.15) is 5.69 Å². The Morgan fingerprint density at radius 3 is 2.91 bits per heavy atom. The van der Waals surface area contributed by atoms with E-state index in [9.17, 15) is 4.79 Å². The van der Waals surface area contributed by atoms with Gasteiger partial charge in [0.15, 0.2) is 0 Å². The van der Waals surface area contributed by atoms with Crippen LogP contribution in [-0.4, -0.2) is 21.4 Å². The summed E-state index contributed by atoms with van der Waals surface area (Å²) in [4.78, 5) is 10.6. The number of thiophene rings is 1. The molecule has 0 aliphatic rings. The van der Waals surface area contributed by atoms with Gasteiger partial charge in [0.25, 0.3) is 0 Å². The molecule has 0 bridgehead atoms. The summed E-state index contributed by atoms with van der Waals surface area (Å²) in [5.74, 6) is 0.706. The third-order valence-corrected chi connectivity index (χ3v) is 3.91. The van der Waals surface area contributed by atoms with Crippen LogP contribution in [0, 0.1) is 0 Å². The molecule has 2 aromatic heterocycles. The minimum absolute atomic E-state index is 0.294. The van der Waals surface area contributed by atoms with Crippen LogP contribution < -0.4 is 10.1 Å². The predicted octanol–water partition coefficient (Wildman–Crippen LogP) is 3.13. The molecule has 8 heteroatoms. The third-order valence-electron chi connectivity index (χ3n) is 2.82. The largest absolute Gasteiger partial charge is 0.487 e. The maximum atomic E-state index is 10.6. The van der Waals surface area contributed by atoms with Crippen molar-refractivity contribution in [3.8, 4) is 11.4 Å². The number of benzene rings is 1. The summed E-state index contributed by atoms with van der Waals surface area (Å²) >= 11 is 7.23. The van der Waals surface area contributed by atoms with Gasteiger partial charge in [-0.25, -0.2) is 4.68 Å². The summed E-state index contributed by atoms with van der Waals surface area (Å²) in [7, 11) is 0. The van der Waals surface area contributed by atoms with Gasteiger partial charge in [0.1, 0.15) is 28.7 Å². The molecule has 1 N–H and O–H groups in total. The van der Waals surface area contributed by atoms with Crippen LogP contribution in [0.4, 0.5) is 5.00 Å². The number of ether oxygens (including phenoxy) is 1. The number of carbonyl (C=O) groups excluding carboxylic acids is 1. The Morgan fingerprint density at radius 1 is 1.32 bits per heavy atom. The van der Waals surface area contributed by atoms with Crippen molar-refractivity contribution in [2.75, 3.05) is 5.32 Å². The molecule has 0 aliphatic carbocycles. The lowest BCUT2D eigenvalue weighted by Gasteiger charge is -2.03. The molecule has 0 saturated heterocycles. The van der Waals surface area contributed by atoms with Gasteiger partial charge in [0, 0.05) is 5.02 Å². The first kappa shape index (κ1) is 14.6. The van der Waals surface area contributed by atoms with E-state index in [-0.39, 0.29) is 0 Å². The molecule has 0 fully saturated rings. The van der Waals surface area contributed by atoms with Crippen LogP contribution in [0.15, 0.2) is 41.9 Å². The van der Waals surface area contributed by atoms with Gasteiger partial charge in [-0.15, -0.1) is 16.4 Å². The molecule has 3 rings (SSSR count). The SMILES string of the molecule is O=CNc1sccc1-n1cc(COc2ccc(Cl)cc2)nn1. The van der Waals surface area contributed by atoms with Gasteiger partial charge in [-0.2, -0.15) is 0 Å². The summed E-state index contributed by atoms with van der Waals surface area (Å²) in [6, 6.07) is 8.96. The van der Waals surface area contributed by atoms with Crippen molar-refractivity contribution in [1.29, 1.82) is 0 Å². The minimum Gasteiger partial charge on any atom is -0.487 e. The average Bonchev–Trinajstić information content (AvgIpc) is 3.16. The van der Waals surface area contributed by atoms with E-state index in [0.717, 1.165) is 5.69 Å². The van der Waals surface area contributed by atoms with Gasteiger partial charge in [-0.05, 0) is 35.7 Å².